The zero-order valence-corrected chi connectivity index (χ0v) is 12.7. The van der Waals surface area contributed by atoms with E-state index in [9.17, 15) is 0 Å². The van der Waals surface area contributed by atoms with Crippen molar-refractivity contribution in [2.45, 2.75) is 25.8 Å². The lowest BCUT2D eigenvalue weighted by atomic mass is 10.2. The van der Waals surface area contributed by atoms with Crippen LogP contribution in [0.25, 0.3) is 0 Å². The van der Waals surface area contributed by atoms with Crippen molar-refractivity contribution in [3.63, 3.8) is 0 Å². The second-order valence-corrected chi connectivity index (χ2v) is 5.30. The second kappa shape index (κ2) is 8.55. The Balaban J connectivity index is 1.71. The van der Waals surface area contributed by atoms with E-state index in [-0.39, 0.29) is 6.04 Å². The van der Waals surface area contributed by atoms with Crippen LogP contribution in [0, 0.1) is 11.3 Å². The Hall–Kier alpha value is -1.71. The Morgan fingerprint density at radius 1 is 1.29 bits per heavy atom. The lowest BCUT2D eigenvalue weighted by molar-refractivity contribution is 0.247. The fourth-order valence-corrected chi connectivity index (χ4v) is 2.47. The Bertz CT molecular complexity index is 435. The van der Waals surface area contributed by atoms with Crippen LogP contribution in [0.1, 0.15) is 19.8 Å². The summed E-state index contributed by atoms with van der Waals surface area (Å²) in [6.07, 6.45) is 5.52. The van der Waals surface area contributed by atoms with E-state index in [1.807, 2.05) is 6.07 Å². The Morgan fingerprint density at radius 2 is 2.00 bits per heavy atom. The molecule has 21 heavy (non-hydrogen) atoms. The smallest absolute Gasteiger partial charge is 0.225 e. The average molecular weight is 288 g/mol. The van der Waals surface area contributed by atoms with E-state index in [1.165, 1.54) is 0 Å². The van der Waals surface area contributed by atoms with Crippen LogP contribution in [-0.2, 0) is 0 Å². The molecular weight excluding hydrogens is 264 g/mol. The van der Waals surface area contributed by atoms with Crippen molar-refractivity contribution in [3.8, 4) is 6.07 Å². The lowest BCUT2D eigenvalue weighted by Crippen LogP contribution is -2.48. The van der Waals surface area contributed by atoms with Crippen molar-refractivity contribution in [1.82, 2.24) is 20.2 Å². The first kappa shape index (κ1) is 15.7. The van der Waals surface area contributed by atoms with Crippen LogP contribution in [0.4, 0.5) is 5.95 Å². The summed E-state index contributed by atoms with van der Waals surface area (Å²) in [5.41, 5.74) is 0. The quantitative estimate of drug-likeness (QED) is 0.803. The molecule has 0 aliphatic carbocycles. The first-order chi connectivity index (χ1) is 10.3. The molecule has 0 bridgehead atoms. The van der Waals surface area contributed by atoms with Gasteiger partial charge in [-0.25, -0.2) is 9.97 Å². The van der Waals surface area contributed by atoms with Crippen LogP contribution in [0.5, 0.6) is 0 Å². The predicted octanol–water partition coefficient (Wildman–Crippen LogP) is 0.880. The number of aromatic nitrogens is 2. The van der Waals surface area contributed by atoms with Crippen LogP contribution >= 0.6 is 0 Å². The maximum atomic E-state index is 9.12. The summed E-state index contributed by atoms with van der Waals surface area (Å²) in [4.78, 5) is 13.2. The maximum absolute atomic E-state index is 9.12. The molecule has 114 valence electrons. The predicted molar refractivity (Wildman–Crippen MR) is 83.0 cm³/mol. The Labute approximate surface area is 126 Å². The third-order valence-corrected chi connectivity index (χ3v) is 3.74. The van der Waals surface area contributed by atoms with E-state index in [4.69, 9.17) is 5.26 Å². The van der Waals surface area contributed by atoms with E-state index in [1.54, 1.807) is 12.4 Å². The van der Waals surface area contributed by atoms with E-state index in [2.05, 4.69) is 38.1 Å². The van der Waals surface area contributed by atoms with Gasteiger partial charge in [-0.1, -0.05) is 6.92 Å². The van der Waals surface area contributed by atoms with Crippen molar-refractivity contribution in [2.24, 2.45) is 0 Å². The zero-order chi connectivity index (χ0) is 14.9. The Kier molecular flexibility index (Phi) is 6.38. The molecule has 1 aromatic rings. The molecule has 6 nitrogen and oxygen atoms in total. The average Bonchev–Trinajstić information content (AvgIpc) is 2.56. The van der Waals surface area contributed by atoms with Gasteiger partial charge in [-0.05, 0) is 25.5 Å². The van der Waals surface area contributed by atoms with Crippen LogP contribution in [-0.4, -0.2) is 60.2 Å². The highest BCUT2D eigenvalue weighted by Crippen LogP contribution is 2.10. The molecule has 2 rings (SSSR count). The van der Waals surface area contributed by atoms with Gasteiger partial charge in [0, 0.05) is 45.1 Å². The molecule has 0 aromatic carbocycles. The highest BCUT2D eigenvalue weighted by Gasteiger charge is 2.19. The second-order valence-electron chi connectivity index (χ2n) is 5.30. The maximum Gasteiger partial charge on any atom is 0.225 e. The lowest BCUT2D eigenvalue weighted by Gasteiger charge is -2.34. The van der Waals surface area contributed by atoms with Crippen LogP contribution in [0.3, 0.4) is 0 Å². The summed E-state index contributed by atoms with van der Waals surface area (Å²) in [6, 6.07) is 4.15. The van der Waals surface area contributed by atoms with Gasteiger partial charge in [-0.15, -0.1) is 0 Å². The molecule has 1 atom stereocenters. The van der Waals surface area contributed by atoms with Gasteiger partial charge < -0.3 is 10.2 Å². The SMILES string of the molecule is CCCNC(C#N)CCN1CCN(c2ncccn2)CC1. The highest BCUT2D eigenvalue weighted by molar-refractivity contribution is 5.29. The molecule has 1 aromatic heterocycles. The van der Waals surface area contributed by atoms with Crippen molar-refractivity contribution in [3.05, 3.63) is 18.5 Å². The first-order valence-corrected chi connectivity index (χ1v) is 7.70. The van der Waals surface area contributed by atoms with Crippen molar-refractivity contribution >= 4 is 5.95 Å². The van der Waals surface area contributed by atoms with Gasteiger partial charge in [0.05, 0.1) is 12.1 Å². The summed E-state index contributed by atoms with van der Waals surface area (Å²) < 4.78 is 0. The topological polar surface area (TPSA) is 68.1 Å². The van der Waals surface area contributed by atoms with Gasteiger partial charge >= 0.3 is 0 Å². The molecule has 0 amide bonds. The molecule has 1 aliphatic heterocycles. The molecular formula is C15H24N6. The van der Waals surface area contributed by atoms with Gasteiger partial charge in [-0.3, -0.25) is 4.90 Å². The summed E-state index contributed by atoms with van der Waals surface area (Å²) in [7, 11) is 0. The van der Waals surface area contributed by atoms with E-state index >= 15 is 0 Å². The minimum atomic E-state index is -0.0274. The number of hydrogen-bond donors (Lipinski definition) is 1. The van der Waals surface area contributed by atoms with Crippen LogP contribution in [0.2, 0.25) is 0 Å². The van der Waals surface area contributed by atoms with Gasteiger partial charge in [-0.2, -0.15) is 5.26 Å². The Morgan fingerprint density at radius 3 is 2.62 bits per heavy atom. The molecule has 0 radical (unpaired) electrons. The molecule has 1 aliphatic rings. The minimum Gasteiger partial charge on any atom is -0.338 e. The van der Waals surface area contributed by atoms with E-state index in [0.29, 0.717) is 0 Å². The number of nitrogens with one attached hydrogen (secondary N) is 1. The third-order valence-electron chi connectivity index (χ3n) is 3.74. The molecule has 2 heterocycles. The van der Waals surface area contributed by atoms with Crippen molar-refractivity contribution < 1.29 is 0 Å². The van der Waals surface area contributed by atoms with E-state index < -0.39 is 0 Å². The van der Waals surface area contributed by atoms with Gasteiger partial charge in [0.15, 0.2) is 0 Å². The minimum absolute atomic E-state index is 0.0274. The molecule has 1 fully saturated rings. The molecule has 0 saturated carbocycles. The largest absolute Gasteiger partial charge is 0.338 e. The molecule has 0 spiro atoms. The number of piperazine rings is 1. The fraction of sp³-hybridized carbons (Fsp3) is 0.667. The number of nitrogens with zero attached hydrogens (tertiary/aromatic N) is 5. The summed E-state index contributed by atoms with van der Waals surface area (Å²) in [5.74, 6) is 0.816. The number of anilines is 1. The van der Waals surface area contributed by atoms with E-state index in [0.717, 1.165) is 58.1 Å². The monoisotopic (exact) mass is 288 g/mol. The summed E-state index contributed by atoms with van der Waals surface area (Å²) >= 11 is 0. The molecule has 1 saturated heterocycles. The van der Waals surface area contributed by atoms with Crippen molar-refractivity contribution in [1.29, 1.82) is 5.26 Å². The molecule has 6 heteroatoms. The standard InChI is InChI=1S/C15H24N6/c1-2-5-17-14(13-16)4-8-20-9-11-21(12-10-20)15-18-6-3-7-19-15/h3,6-7,14,17H,2,4-5,8-12H2,1H3. The van der Waals surface area contributed by atoms with Gasteiger partial charge in [0.1, 0.15) is 0 Å². The fourth-order valence-electron chi connectivity index (χ4n) is 2.47. The molecule has 1 unspecified atom stereocenters. The number of nitriles is 1. The zero-order valence-electron chi connectivity index (χ0n) is 12.7. The third kappa shape index (κ3) is 4.96. The van der Waals surface area contributed by atoms with Gasteiger partial charge in [0.2, 0.25) is 5.95 Å². The molecule has 1 N–H and O–H groups in total. The van der Waals surface area contributed by atoms with Crippen LogP contribution in [0.15, 0.2) is 18.5 Å². The first-order valence-electron chi connectivity index (χ1n) is 7.70. The van der Waals surface area contributed by atoms with Gasteiger partial charge in [0.25, 0.3) is 0 Å². The number of hydrogen-bond acceptors (Lipinski definition) is 6. The highest BCUT2D eigenvalue weighted by atomic mass is 15.3. The van der Waals surface area contributed by atoms with Crippen LogP contribution < -0.4 is 10.2 Å². The van der Waals surface area contributed by atoms with Crippen molar-refractivity contribution in [2.75, 3.05) is 44.2 Å². The normalized spacial score (nSPS) is 17.4. The summed E-state index contributed by atoms with van der Waals surface area (Å²) in [5, 5.41) is 12.4. The number of rotatable bonds is 7. The summed E-state index contributed by atoms with van der Waals surface area (Å²) in [6.45, 7) is 7.91.